The standard InChI is InChI=1S/C19H24N2O5S/c1-2-3-4-5-17(23)20-15-8-6-14(7-9-15)16(22)13-26-18(24)12-21-10-11-27-19(21)25/h6-9H,2-5,10-13H2,1H3,(H,20,23). The first kappa shape index (κ1) is 21.0. The lowest BCUT2D eigenvalue weighted by molar-refractivity contribution is -0.142. The SMILES string of the molecule is CCCCCC(=O)Nc1ccc(C(=O)COC(=O)CN2CCSC2=O)cc1. The van der Waals surface area contributed by atoms with Crippen LogP contribution in [0.25, 0.3) is 0 Å². The number of ether oxygens (including phenoxy) is 1. The molecule has 146 valence electrons. The molecule has 0 spiro atoms. The Kier molecular flexibility index (Phi) is 8.32. The van der Waals surface area contributed by atoms with E-state index in [1.165, 1.54) is 4.90 Å². The second kappa shape index (κ2) is 10.7. The Morgan fingerprint density at radius 2 is 1.93 bits per heavy atom. The van der Waals surface area contributed by atoms with Gasteiger partial charge in [0.25, 0.3) is 5.24 Å². The normalized spacial score (nSPS) is 13.5. The van der Waals surface area contributed by atoms with Crippen molar-refractivity contribution in [1.29, 1.82) is 0 Å². The van der Waals surface area contributed by atoms with Gasteiger partial charge < -0.3 is 15.0 Å². The number of hydrogen-bond donors (Lipinski definition) is 1. The monoisotopic (exact) mass is 392 g/mol. The van der Waals surface area contributed by atoms with E-state index in [1.54, 1.807) is 24.3 Å². The summed E-state index contributed by atoms with van der Waals surface area (Å²) in [4.78, 5) is 48.5. The molecule has 27 heavy (non-hydrogen) atoms. The Morgan fingerprint density at radius 3 is 2.56 bits per heavy atom. The Morgan fingerprint density at radius 1 is 1.19 bits per heavy atom. The molecule has 0 bridgehead atoms. The van der Waals surface area contributed by atoms with Gasteiger partial charge in [-0.25, -0.2) is 0 Å². The number of thioether (sulfide) groups is 1. The molecule has 1 aromatic rings. The molecule has 0 unspecified atom stereocenters. The van der Waals surface area contributed by atoms with E-state index in [-0.39, 0.29) is 30.1 Å². The lowest BCUT2D eigenvalue weighted by Crippen LogP contribution is -2.31. The maximum Gasteiger partial charge on any atom is 0.326 e. The number of nitrogens with one attached hydrogen (secondary N) is 1. The van der Waals surface area contributed by atoms with E-state index in [2.05, 4.69) is 12.2 Å². The number of benzene rings is 1. The molecule has 0 atom stereocenters. The van der Waals surface area contributed by atoms with Gasteiger partial charge in [0.15, 0.2) is 12.4 Å². The summed E-state index contributed by atoms with van der Waals surface area (Å²) in [5.41, 5.74) is 1.01. The van der Waals surface area contributed by atoms with E-state index in [9.17, 15) is 19.2 Å². The molecule has 1 aliphatic heterocycles. The van der Waals surface area contributed by atoms with Crippen LogP contribution in [0.4, 0.5) is 10.5 Å². The van der Waals surface area contributed by atoms with Crippen LogP contribution < -0.4 is 5.32 Å². The van der Waals surface area contributed by atoms with Gasteiger partial charge in [0.05, 0.1) is 0 Å². The summed E-state index contributed by atoms with van der Waals surface area (Å²) >= 11 is 1.16. The third-order valence-corrected chi connectivity index (χ3v) is 4.92. The number of Topliss-reactive ketones (excluding diaryl/α,β-unsaturated/α-hetero) is 1. The summed E-state index contributed by atoms with van der Waals surface area (Å²) in [7, 11) is 0. The summed E-state index contributed by atoms with van der Waals surface area (Å²) < 4.78 is 4.96. The number of ketones is 1. The highest BCUT2D eigenvalue weighted by Gasteiger charge is 2.24. The highest BCUT2D eigenvalue weighted by Crippen LogP contribution is 2.16. The molecule has 1 aliphatic rings. The maximum absolute atomic E-state index is 12.1. The van der Waals surface area contributed by atoms with Crippen LogP contribution >= 0.6 is 11.8 Å². The van der Waals surface area contributed by atoms with Crippen LogP contribution in [0.15, 0.2) is 24.3 Å². The average Bonchev–Trinajstić information content (AvgIpc) is 3.05. The third-order valence-electron chi connectivity index (χ3n) is 4.03. The van der Waals surface area contributed by atoms with Crippen molar-refractivity contribution in [2.24, 2.45) is 0 Å². The molecule has 8 heteroatoms. The van der Waals surface area contributed by atoms with E-state index >= 15 is 0 Å². The molecule has 7 nitrogen and oxygen atoms in total. The number of rotatable bonds is 10. The Bertz CT molecular complexity index is 690. The van der Waals surface area contributed by atoms with Crippen molar-refractivity contribution in [2.75, 3.05) is 30.8 Å². The first-order valence-corrected chi connectivity index (χ1v) is 9.98. The number of unbranched alkanes of at least 4 members (excludes halogenated alkanes) is 2. The van der Waals surface area contributed by atoms with Gasteiger partial charge in [0.1, 0.15) is 6.54 Å². The van der Waals surface area contributed by atoms with Crippen molar-refractivity contribution in [1.82, 2.24) is 4.90 Å². The van der Waals surface area contributed by atoms with Crippen LogP contribution in [0.1, 0.15) is 43.0 Å². The highest BCUT2D eigenvalue weighted by molar-refractivity contribution is 8.13. The second-order valence-electron chi connectivity index (χ2n) is 6.20. The fourth-order valence-corrected chi connectivity index (χ4v) is 3.32. The molecule has 0 radical (unpaired) electrons. The van der Waals surface area contributed by atoms with Gasteiger partial charge in [-0.05, 0) is 30.7 Å². The van der Waals surface area contributed by atoms with Gasteiger partial charge >= 0.3 is 5.97 Å². The summed E-state index contributed by atoms with van der Waals surface area (Å²) in [6, 6.07) is 6.46. The van der Waals surface area contributed by atoms with Crippen molar-refractivity contribution < 1.29 is 23.9 Å². The second-order valence-corrected chi connectivity index (χ2v) is 7.25. The van der Waals surface area contributed by atoms with Crippen LogP contribution in [-0.4, -0.2) is 53.2 Å². The van der Waals surface area contributed by atoms with Crippen LogP contribution in [0.5, 0.6) is 0 Å². The van der Waals surface area contributed by atoms with E-state index in [0.717, 1.165) is 31.0 Å². The molecule has 1 saturated heterocycles. The molecule has 1 N–H and O–H groups in total. The molecule has 1 heterocycles. The largest absolute Gasteiger partial charge is 0.456 e. The summed E-state index contributed by atoms with van der Waals surface area (Å²) in [6.45, 7) is 2.08. The average molecular weight is 392 g/mol. The zero-order valence-electron chi connectivity index (χ0n) is 15.4. The predicted octanol–water partition coefficient (Wildman–Crippen LogP) is 3.10. The molecule has 1 fully saturated rings. The zero-order valence-corrected chi connectivity index (χ0v) is 16.2. The first-order valence-electron chi connectivity index (χ1n) is 9.00. The Balaban J connectivity index is 1.75. The number of amides is 2. The van der Waals surface area contributed by atoms with Gasteiger partial charge in [-0.2, -0.15) is 0 Å². The maximum atomic E-state index is 12.1. The third kappa shape index (κ3) is 7.05. The summed E-state index contributed by atoms with van der Waals surface area (Å²) in [5, 5.41) is 2.64. The molecule has 2 amide bonds. The van der Waals surface area contributed by atoms with Gasteiger partial charge in [0, 0.05) is 30.0 Å². The number of carbonyl (C=O) groups excluding carboxylic acids is 4. The molecule has 0 aromatic heterocycles. The van der Waals surface area contributed by atoms with Gasteiger partial charge in [-0.15, -0.1) is 0 Å². The van der Waals surface area contributed by atoms with Gasteiger partial charge in [0.2, 0.25) is 5.91 Å². The number of nitrogens with zero attached hydrogens (tertiary/aromatic N) is 1. The lowest BCUT2D eigenvalue weighted by atomic mass is 10.1. The molecular formula is C19H24N2O5S. The minimum absolute atomic E-state index is 0.0499. The van der Waals surface area contributed by atoms with Crippen LogP contribution in [0, 0.1) is 0 Å². The van der Waals surface area contributed by atoms with Crippen LogP contribution in [0.2, 0.25) is 0 Å². The van der Waals surface area contributed by atoms with Gasteiger partial charge in [-0.3, -0.25) is 19.2 Å². The number of hydrogen-bond acceptors (Lipinski definition) is 6. The highest BCUT2D eigenvalue weighted by atomic mass is 32.2. The molecule has 1 aromatic carbocycles. The predicted molar refractivity (Wildman–Crippen MR) is 104 cm³/mol. The minimum Gasteiger partial charge on any atom is -0.456 e. The van der Waals surface area contributed by atoms with Crippen LogP contribution in [-0.2, 0) is 14.3 Å². The fourth-order valence-electron chi connectivity index (χ4n) is 2.50. The molecule has 0 aliphatic carbocycles. The number of esters is 1. The molecule has 2 rings (SSSR count). The van der Waals surface area contributed by atoms with E-state index in [1.807, 2.05) is 0 Å². The van der Waals surface area contributed by atoms with E-state index < -0.39 is 5.97 Å². The number of carbonyl (C=O) groups is 4. The van der Waals surface area contributed by atoms with Crippen molar-refractivity contribution in [3.8, 4) is 0 Å². The lowest BCUT2D eigenvalue weighted by Gasteiger charge is -2.13. The smallest absolute Gasteiger partial charge is 0.326 e. The van der Waals surface area contributed by atoms with Gasteiger partial charge in [-0.1, -0.05) is 31.5 Å². The summed E-state index contributed by atoms with van der Waals surface area (Å²) in [5.74, 6) is -0.334. The Hall–Kier alpha value is -2.35. The quantitative estimate of drug-likeness (QED) is 0.374. The van der Waals surface area contributed by atoms with Crippen molar-refractivity contribution in [2.45, 2.75) is 32.6 Å². The number of anilines is 1. The van der Waals surface area contributed by atoms with Crippen molar-refractivity contribution in [3.05, 3.63) is 29.8 Å². The molecule has 0 saturated carbocycles. The topological polar surface area (TPSA) is 92.8 Å². The van der Waals surface area contributed by atoms with Crippen LogP contribution in [0.3, 0.4) is 0 Å². The molecular weight excluding hydrogens is 368 g/mol. The fraction of sp³-hybridized carbons (Fsp3) is 0.474. The van der Waals surface area contributed by atoms with E-state index in [0.29, 0.717) is 30.0 Å². The van der Waals surface area contributed by atoms with Crippen molar-refractivity contribution in [3.63, 3.8) is 0 Å². The minimum atomic E-state index is -0.602. The van der Waals surface area contributed by atoms with E-state index in [4.69, 9.17) is 4.74 Å². The Labute approximate surface area is 162 Å². The van der Waals surface area contributed by atoms with Crippen molar-refractivity contribution >= 4 is 40.3 Å². The zero-order chi connectivity index (χ0) is 19.6. The first-order chi connectivity index (χ1) is 13.0. The summed E-state index contributed by atoms with van der Waals surface area (Å²) in [6.07, 6.45) is 3.40.